The first kappa shape index (κ1) is 13.6. The maximum Gasteiger partial charge on any atom is 0.416 e. The Morgan fingerprint density at radius 1 is 1.18 bits per heavy atom. The van der Waals surface area contributed by atoms with E-state index < -0.39 is 34.9 Å². The summed E-state index contributed by atoms with van der Waals surface area (Å²) in [6, 6.07) is 1.07. The molecule has 4 nitrogen and oxygen atoms in total. The molecule has 0 heterocycles. The molecule has 7 heteroatoms. The second kappa shape index (κ2) is 4.80. The summed E-state index contributed by atoms with van der Waals surface area (Å²) >= 11 is 0. The molecular weight excluding hydrogens is 239 g/mol. The van der Waals surface area contributed by atoms with E-state index in [0.717, 1.165) is 0 Å². The van der Waals surface area contributed by atoms with Crippen molar-refractivity contribution in [2.75, 3.05) is 6.54 Å². The van der Waals surface area contributed by atoms with Crippen molar-refractivity contribution in [1.29, 1.82) is 0 Å². The van der Waals surface area contributed by atoms with Crippen molar-refractivity contribution in [3.8, 4) is 11.5 Å². The largest absolute Gasteiger partial charge is 0.504 e. The SMILES string of the molecule is NCCC(O)c1cc(O)c(O)cc1C(F)(F)F. The minimum absolute atomic E-state index is 0.000101. The van der Waals surface area contributed by atoms with Crippen molar-refractivity contribution < 1.29 is 28.5 Å². The highest BCUT2D eigenvalue weighted by molar-refractivity contribution is 5.47. The number of aliphatic hydroxyl groups is 1. The Morgan fingerprint density at radius 2 is 1.71 bits per heavy atom. The highest BCUT2D eigenvalue weighted by atomic mass is 19.4. The van der Waals surface area contributed by atoms with Crippen LogP contribution in [0.2, 0.25) is 0 Å². The van der Waals surface area contributed by atoms with Crippen molar-refractivity contribution in [2.45, 2.75) is 18.7 Å². The van der Waals surface area contributed by atoms with Gasteiger partial charge in [0, 0.05) is 0 Å². The molecule has 0 radical (unpaired) electrons. The van der Waals surface area contributed by atoms with Crippen LogP contribution in [0.5, 0.6) is 11.5 Å². The number of hydrogen-bond donors (Lipinski definition) is 4. The van der Waals surface area contributed by atoms with Crippen LogP contribution < -0.4 is 5.73 Å². The number of phenolic OH excluding ortho intramolecular Hbond substituents is 2. The van der Waals surface area contributed by atoms with Gasteiger partial charge in [-0.05, 0) is 30.7 Å². The van der Waals surface area contributed by atoms with Crippen LogP contribution in [-0.2, 0) is 6.18 Å². The molecule has 1 rings (SSSR count). The second-order valence-electron chi connectivity index (χ2n) is 3.52. The maximum absolute atomic E-state index is 12.6. The summed E-state index contributed by atoms with van der Waals surface area (Å²) < 4.78 is 37.9. The van der Waals surface area contributed by atoms with Crippen LogP contribution in [0.15, 0.2) is 12.1 Å². The number of halogens is 3. The first-order valence-corrected chi connectivity index (χ1v) is 4.78. The zero-order valence-corrected chi connectivity index (χ0v) is 8.70. The van der Waals surface area contributed by atoms with Crippen LogP contribution in [0.4, 0.5) is 13.2 Å². The van der Waals surface area contributed by atoms with Crippen molar-refractivity contribution in [1.82, 2.24) is 0 Å². The van der Waals surface area contributed by atoms with Gasteiger partial charge in [0.1, 0.15) is 0 Å². The van der Waals surface area contributed by atoms with E-state index in [4.69, 9.17) is 15.9 Å². The summed E-state index contributed by atoms with van der Waals surface area (Å²) in [7, 11) is 0. The summed E-state index contributed by atoms with van der Waals surface area (Å²) in [6.07, 6.45) is -6.24. The minimum Gasteiger partial charge on any atom is -0.504 e. The summed E-state index contributed by atoms with van der Waals surface area (Å²) in [5, 5.41) is 27.7. The molecule has 0 aromatic heterocycles. The third-order valence-electron chi connectivity index (χ3n) is 2.25. The highest BCUT2D eigenvalue weighted by Crippen LogP contribution is 2.40. The maximum atomic E-state index is 12.6. The van der Waals surface area contributed by atoms with Crippen LogP contribution in [0.25, 0.3) is 0 Å². The highest BCUT2D eigenvalue weighted by Gasteiger charge is 2.36. The van der Waals surface area contributed by atoms with E-state index in [1.165, 1.54) is 0 Å². The first-order valence-electron chi connectivity index (χ1n) is 4.78. The van der Waals surface area contributed by atoms with E-state index in [1.807, 2.05) is 0 Å². The van der Waals surface area contributed by atoms with Gasteiger partial charge in [0.15, 0.2) is 11.5 Å². The number of alkyl halides is 3. The molecule has 0 aliphatic rings. The Balaban J connectivity index is 3.31. The van der Waals surface area contributed by atoms with E-state index in [-0.39, 0.29) is 13.0 Å². The molecule has 0 saturated heterocycles. The van der Waals surface area contributed by atoms with Gasteiger partial charge >= 0.3 is 6.18 Å². The molecule has 5 N–H and O–H groups in total. The summed E-state index contributed by atoms with van der Waals surface area (Å²) in [5.41, 5.74) is 3.45. The molecule has 0 spiro atoms. The average molecular weight is 251 g/mol. The van der Waals surface area contributed by atoms with Crippen LogP contribution >= 0.6 is 0 Å². The lowest BCUT2D eigenvalue weighted by atomic mass is 9.99. The quantitative estimate of drug-likeness (QED) is 0.613. The summed E-state index contributed by atoms with van der Waals surface area (Å²) in [5.74, 6) is -1.61. The molecular formula is C10H12F3NO3. The van der Waals surface area contributed by atoms with Gasteiger partial charge in [-0.15, -0.1) is 0 Å². The lowest BCUT2D eigenvalue weighted by molar-refractivity contribution is -0.139. The summed E-state index contributed by atoms with van der Waals surface area (Å²) in [6.45, 7) is 0.000101. The van der Waals surface area contributed by atoms with Crippen molar-refractivity contribution >= 4 is 0 Å². The van der Waals surface area contributed by atoms with Crippen molar-refractivity contribution in [3.05, 3.63) is 23.3 Å². The first-order chi connectivity index (χ1) is 7.77. The molecule has 1 aromatic rings. The predicted octanol–water partition coefficient (Wildman–Crippen LogP) is 1.50. The lowest BCUT2D eigenvalue weighted by Gasteiger charge is -2.18. The van der Waals surface area contributed by atoms with Gasteiger partial charge in [-0.3, -0.25) is 0 Å². The molecule has 0 saturated carbocycles. The van der Waals surface area contributed by atoms with Gasteiger partial charge in [-0.1, -0.05) is 0 Å². The lowest BCUT2D eigenvalue weighted by Crippen LogP contribution is -2.14. The number of aromatic hydroxyl groups is 2. The van der Waals surface area contributed by atoms with E-state index in [2.05, 4.69) is 0 Å². The number of phenols is 2. The third kappa shape index (κ3) is 3.01. The molecule has 0 amide bonds. The Hall–Kier alpha value is -1.47. The molecule has 0 fully saturated rings. The molecule has 1 unspecified atom stereocenters. The van der Waals surface area contributed by atoms with Crippen LogP contribution in [-0.4, -0.2) is 21.9 Å². The Kier molecular flexibility index (Phi) is 3.84. The van der Waals surface area contributed by atoms with Gasteiger partial charge < -0.3 is 21.1 Å². The van der Waals surface area contributed by atoms with Crippen LogP contribution in [0, 0.1) is 0 Å². The fraction of sp³-hybridized carbons (Fsp3) is 0.400. The third-order valence-corrected chi connectivity index (χ3v) is 2.25. The summed E-state index contributed by atoms with van der Waals surface area (Å²) in [4.78, 5) is 0. The van der Waals surface area contributed by atoms with Crippen LogP contribution in [0.3, 0.4) is 0 Å². The number of aliphatic hydroxyl groups excluding tert-OH is 1. The zero-order valence-electron chi connectivity index (χ0n) is 8.70. The van der Waals surface area contributed by atoms with Gasteiger partial charge in [-0.25, -0.2) is 0 Å². The normalized spacial score (nSPS) is 13.7. The molecule has 0 aliphatic heterocycles. The van der Waals surface area contributed by atoms with E-state index in [1.54, 1.807) is 0 Å². The van der Waals surface area contributed by atoms with Crippen molar-refractivity contribution in [2.24, 2.45) is 5.73 Å². The topological polar surface area (TPSA) is 86.7 Å². The molecule has 0 bridgehead atoms. The number of nitrogens with two attached hydrogens (primary N) is 1. The van der Waals surface area contributed by atoms with Gasteiger partial charge in [-0.2, -0.15) is 13.2 Å². The molecule has 0 aliphatic carbocycles. The smallest absolute Gasteiger partial charge is 0.416 e. The van der Waals surface area contributed by atoms with Gasteiger partial charge in [0.05, 0.1) is 11.7 Å². The number of rotatable bonds is 3. The van der Waals surface area contributed by atoms with E-state index >= 15 is 0 Å². The van der Waals surface area contributed by atoms with E-state index in [0.29, 0.717) is 12.1 Å². The molecule has 1 atom stereocenters. The molecule has 17 heavy (non-hydrogen) atoms. The zero-order chi connectivity index (χ0) is 13.2. The van der Waals surface area contributed by atoms with Crippen molar-refractivity contribution in [3.63, 3.8) is 0 Å². The number of benzene rings is 1. The fourth-order valence-corrected chi connectivity index (χ4v) is 1.43. The second-order valence-corrected chi connectivity index (χ2v) is 3.52. The predicted molar refractivity (Wildman–Crippen MR) is 53.4 cm³/mol. The van der Waals surface area contributed by atoms with Crippen LogP contribution in [0.1, 0.15) is 23.7 Å². The standard InChI is InChI=1S/C10H12F3NO3/c11-10(12,13)6-4-9(17)8(16)3-5(6)7(15)1-2-14/h3-4,7,15-17H,1-2,14H2. The Labute approximate surface area is 95.1 Å². The number of hydrogen-bond acceptors (Lipinski definition) is 4. The fourth-order valence-electron chi connectivity index (χ4n) is 1.43. The molecule has 96 valence electrons. The van der Waals surface area contributed by atoms with E-state index in [9.17, 15) is 18.3 Å². The van der Waals surface area contributed by atoms with Gasteiger partial charge in [0.2, 0.25) is 0 Å². The molecule has 1 aromatic carbocycles. The Morgan fingerprint density at radius 3 is 2.18 bits per heavy atom. The Bertz CT molecular complexity index is 407. The van der Waals surface area contributed by atoms with Gasteiger partial charge in [0.25, 0.3) is 0 Å². The minimum atomic E-state index is -4.73. The average Bonchev–Trinajstić information content (AvgIpc) is 2.20. The monoisotopic (exact) mass is 251 g/mol.